The number of hydrogen-bond donors (Lipinski definition) is 0. The largest absolute Gasteiger partial charge is 0.445 e. The third-order valence-electron chi connectivity index (χ3n) is 2.84. The summed E-state index contributed by atoms with van der Waals surface area (Å²) in [5.74, 6) is 0. The van der Waals surface area contributed by atoms with Crippen LogP contribution in [-0.2, 0) is 16.1 Å². The molecule has 1 aromatic carbocycles. The van der Waals surface area contributed by atoms with Gasteiger partial charge in [-0.3, -0.25) is 0 Å². The highest BCUT2D eigenvalue weighted by Gasteiger charge is 2.30. The van der Waals surface area contributed by atoms with Crippen LogP contribution in [0.4, 0.5) is 13.6 Å². The molecular weight excluding hydrogens is 288 g/mol. The van der Waals surface area contributed by atoms with Crippen molar-refractivity contribution in [3.05, 3.63) is 35.9 Å². The molecule has 1 saturated heterocycles. The molecule has 0 N–H and O–H groups in total. The van der Waals surface area contributed by atoms with E-state index < -0.39 is 18.6 Å². The summed E-state index contributed by atoms with van der Waals surface area (Å²) in [5.41, 5.74) is 0.856. The lowest BCUT2D eigenvalue weighted by molar-refractivity contribution is -0.0979. The normalized spacial score (nSPS) is 18.6. The molecule has 0 spiro atoms. The van der Waals surface area contributed by atoms with Crippen LogP contribution in [0, 0.1) is 0 Å². The molecule has 0 radical (unpaired) electrons. The van der Waals surface area contributed by atoms with Gasteiger partial charge in [0.2, 0.25) is 0 Å². The van der Waals surface area contributed by atoms with Crippen LogP contribution in [0.15, 0.2) is 30.3 Å². The molecule has 0 bridgehead atoms. The third kappa shape index (κ3) is 4.64. The maximum atomic E-state index is 12.5. The minimum absolute atomic E-state index is 0. The molecule has 1 amide bonds. The summed E-state index contributed by atoms with van der Waals surface area (Å²) in [6.45, 7) is 0.383. The fourth-order valence-electron chi connectivity index (χ4n) is 1.80. The average molecular weight is 305 g/mol. The minimum Gasteiger partial charge on any atom is -0.445 e. The van der Waals surface area contributed by atoms with E-state index in [2.05, 4.69) is 0 Å². The molecule has 20 heavy (non-hydrogen) atoms. The monoisotopic (exact) mass is 305 g/mol. The van der Waals surface area contributed by atoms with Gasteiger partial charge in [-0.25, -0.2) is 13.6 Å². The van der Waals surface area contributed by atoms with Crippen LogP contribution >= 0.6 is 13.5 Å². The lowest BCUT2D eigenvalue weighted by atomic mass is 10.2. The smallest absolute Gasteiger partial charge is 0.410 e. The molecule has 1 aliphatic rings. The first-order valence-corrected chi connectivity index (χ1v) is 6.02. The van der Waals surface area contributed by atoms with Crippen molar-refractivity contribution in [3.8, 4) is 0 Å². The predicted molar refractivity (Wildman–Crippen MR) is 74.3 cm³/mol. The molecule has 1 aliphatic heterocycles. The van der Waals surface area contributed by atoms with Crippen molar-refractivity contribution in [3.63, 3.8) is 0 Å². The Balaban J connectivity index is 0.00000200. The first-order chi connectivity index (χ1) is 9.16. The maximum Gasteiger partial charge on any atom is 0.410 e. The summed E-state index contributed by atoms with van der Waals surface area (Å²) >= 11 is 0. The molecule has 0 saturated carbocycles. The van der Waals surface area contributed by atoms with Gasteiger partial charge in [-0.05, 0) is 5.56 Å². The summed E-state index contributed by atoms with van der Waals surface area (Å²) in [6, 6.07) is 9.19. The van der Waals surface area contributed by atoms with E-state index in [1.54, 1.807) is 0 Å². The summed E-state index contributed by atoms with van der Waals surface area (Å²) in [4.78, 5) is 13.0. The van der Waals surface area contributed by atoms with Gasteiger partial charge in [0.05, 0.1) is 13.2 Å². The van der Waals surface area contributed by atoms with Crippen molar-refractivity contribution in [1.29, 1.82) is 0 Å². The lowest BCUT2D eigenvalue weighted by Crippen LogP contribution is -2.48. The Morgan fingerprint density at radius 3 is 2.75 bits per heavy atom. The van der Waals surface area contributed by atoms with Crippen LogP contribution in [0.2, 0.25) is 0 Å². The molecule has 4 nitrogen and oxygen atoms in total. The van der Waals surface area contributed by atoms with Crippen molar-refractivity contribution in [2.45, 2.75) is 19.1 Å². The van der Waals surface area contributed by atoms with Gasteiger partial charge in [0.25, 0.3) is 6.43 Å². The molecular formula is C13H17F2NO3S. The van der Waals surface area contributed by atoms with Crippen LogP contribution in [0.5, 0.6) is 0 Å². The quantitative estimate of drug-likeness (QED) is 0.861. The van der Waals surface area contributed by atoms with Crippen molar-refractivity contribution in [1.82, 2.24) is 4.90 Å². The predicted octanol–water partition coefficient (Wildman–Crippen LogP) is 2.40. The van der Waals surface area contributed by atoms with Gasteiger partial charge in [-0.1, -0.05) is 30.3 Å². The Morgan fingerprint density at radius 2 is 2.10 bits per heavy atom. The highest BCUT2D eigenvalue weighted by molar-refractivity contribution is 7.59. The second-order valence-corrected chi connectivity index (χ2v) is 4.23. The van der Waals surface area contributed by atoms with Crippen LogP contribution in [-0.4, -0.2) is 43.2 Å². The Labute approximate surface area is 123 Å². The van der Waals surface area contributed by atoms with Crippen molar-refractivity contribution in [2.75, 3.05) is 19.7 Å². The Hall–Kier alpha value is -1.34. The maximum absolute atomic E-state index is 12.5. The number of amides is 1. The molecule has 7 heteroatoms. The first-order valence-electron chi connectivity index (χ1n) is 6.02. The zero-order valence-electron chi connectivity index (χ0n) is 10.8. The van der Waals surface area contributed by atoms with E-state index in [-0.39, 0.29) is 39.8 Å². The van der Waals surface area contributed by atoms with Crippen molar-refractivity contribution in [2.24, 2.45) is 0 Å². The Morgan fingerprint density at radius 1 is 1.40 bits per heavy atom. The highest BCUT2D eigenvalue weighted by Crippen LogP contribution is 2.14. The number of benzene rings is 1. The molecule has 1 fully saturated rings. The van der Waals surface area contributed by atoms with E-state index in [4.69, 9.17) is 9.47 Å². The zero-order valence-corrected chi connectivity index (χ0v) is 11.8. The first kappa shape index (κ1) is 16.7. The average Bonchev–Trinajstić information content (AvgIpc) is 2.46. The number of carbonyl (C=O) groups is 1. The number of halogens is 2. The van der Waals surface area contributed by atoms with Gasteiger partial charge < -0.3 is 14.4 Å². The Kier molecular flexibility index (Phi) is 6.74. The van der Waals surface area contributed by atoms with Crippen LogP contribution < -0.4 is 0 Å². The zero-order chi connectivity index (χ0) is 13.7. The van der Waals surface area contributed by atoms with Gasteiger partial charge in [-0.2, -0.15) is 13.5 Å². The van der Waals surface area contributed by atoms with Gasteiger partial charge in [-0.15, -0.1) is 0 Å². The Bertz CT molecular complexity index is 419. The number of rotatable bonds is 3. The van der Waals surface area contributed by atoms with Crippen LogP contribution in [0.1, 0.15) is 5.56 Å². The highest BCUT2D eigenvalue weighted by atomic mass is 32.1. The molecule has 1 atom stereocenters. The van der Waals surface area contributed by atoms with Crippen LogP contribution in [0.3, 0.4) is 0 Å². The second kappa shape index (κ2) is 8.06. The number of alkyl halides is 2. The molecule has 1 heterocycles. The van der Waals surface area contributed by atoms with Crippen molar-refractivity contribution < 1.29 is 23.0 Å². The van der Waals surface area contributed by atoms with E-state index in [9.17, 15) is 13.6 Å². The molecule has 0 unspecified atom stereocenters. The third-order valence-corrected chi connectivity index (χ3v) is 2.84. The topological polar surface area (TPSA) is 38.8 Å². The SMILES string of the molecule is O=C(OCc1ccccc1)N1CCO[C@H](C(F)F)C1.S. The minimum atomic E-state index is -2.59. The summed E-state index contributed by atoms with van der Waals surface area (Å²) < 4.78 is 35.0. The second-order valence-electron chi connectivity index (χ2n) is 4.23. The fraction of sp³-hybridized carbons (Fsp3) is 0.462. The van der Waals surface area contributed by atoms with Crippen LogP contribution in [0.25, 0.3) is 0 Å². The van der Waals surface area contributed by atoms with E-state index in [1.165, 1.54) is 4.90 Å². The van der Waals surface area contributed by atoms with Gasteiger partial charge in [0.1, 0.15) is 12.7 Å². The van der Waals surface area contributed by atoms with Gasteiger partial charge in [0.15, 0.2) is 0 Å². The number of nitrogens with zero attached hydrogens (tertiary/aromatic N) is 1. The molecule has 112 valence electrons. The number of hydrogen-bond acceptors (Lipinski definition) is 3. The number of morpholine rings is 1. The summed E-state index contributed by atoms with van der Waals surface area (Å²) in [5, 5.41) is 0. The van der Waals surface area contributed by atoms with E-state index in [0.29, 0.717) is 0 Å². The van der Waals surface area contributed by atoms with E-state index in [0.717, 1.165) is 5.56 Å². The standard InChI is InChI=1S/C13H15F2NO3.H2S/c14-12(15)11-8-16(6-7-18-11)13(17)19-9-10-4-2-1-3-5-10;/h1-5,11-12H,6-9H2;1H2/t11-;/m0./s1. The molecule has 0 aliphatic carbocycles. The van der Waals surface area contributed by atoms with Crippen molar-refractivity contribution >= 4 is 19.6 Å². The van der Waals surface area contributed by atoms with Gasteiger partial charge in [0, 0.05) is 6.54 Å². The number of ether oxygens (including phenoxy) is 2. The van der Waals surface area contributed by atoms with E-state index >= 15 is 0 Å². The lowest BCUT2D eigenvalue weighted by Gasteiger charge is -2.31. The molecule has 1 aromatic rings. The van der Waals surface area contributed by atoms with Gasteiger partial charge >= 0.3 is 6.09 Å². The fourth-order valence-corrected chi connectivity index (χ4v) is 1.80. The summed E-state index contributed by atoms with van der Waals surface area (Å²) in [6.07, 6.45) is -4.40. The number of carbonyl (C=O) groups excluding carboxylic acids is 1. The summed E-state index contributed by atoms with van der Waals surface area (Å²) in [7, 11) is 0. The molecule has 2 rings (SSSR count). The van der Waals surface area contributed by atoms with E-state index in [1.807, 2.05) is 30.3 Å². The molecule has 0 aromatic heterocycles.